The molecule has 1 heterocycles. The van der Waals surface area contributed by atoms with Crippen LogP contribution in [0.1, 0.15) is 5.82 Å². The molecule has 3 N–H and O–H groups in total. The van der Waals surface area contributed by atoms with Gasteiger partial charge in [0.1, 0.15) is 6.33 Å². The lowest BCUT2D eigenvalue weighted by Crippen LogP contribution is -2.04. The van der Waals surface area contributed by atoms with Gasteiger partial charge in [-0.3, -0.25) is 4.68 Å². The molecule has 0 spiro atoms. The minimum absolute atomic E-state index is 0.534. The smallest absolute Gasteiger partial charge is 0.169 e. The summed E-state index contributed by atoms with van der Waals surface area (Å²) in [6.45, 7) is 0.534. The van der Waals surface area contributed by atoms with Gasteiger partial charge in [-0.1, -0.05) is 11.6 Å². The van der Waals surface area contributed by atoms with Crippen LogP contribution < -0.4 is 11.1 Å². The molecule has 2 rings (SSSR count). The maximum Gasteiger partial charge on any atom is 0.169 e. The van der Waals surface area contributed by atoms with Crippen molar-refractivity contribution in [3.63, 3.8) is 0 Å². The Morgan fingerprint density at radius 2 is 2.31 bits per heavy atom. The van der Waals surface area contributed by atoms with E-state index in [-0.39, 0.29) is 0 Å². The predicted octanol–water partition coefficient (Wildman–Crippen LogP) is 1.66. The van der Waals surface area contributed by atoms with E-state index in [0.29, 0.717) is 17.3 Å². The third kappa shape index (κ3) is 2.43. The third-order valence-corrected chi connectivity index (χ3v) is 2.33. The summed E-state index contributed by atoms with van der Waals surface area (Å²) in [6.07, 6.45) is 1.65. The quantitative estimate of drug-likeness (QED) is 0.797. The van der Waals surface area contributed by atoms with Crippen LogP contribution in [-0.2, 0) is 13.6 Å². The highest BCUT2D eigenvalue weighted by Gasteiger charge is 2.02. The van der Waals surface area contributed by atoms with Crippen LogP contribution in [0, 0.1) is 0 Å². The number of nitrogens with one attached hydrogen (secondary N) is 1. The number of benzene rings is 1. The van der Waals surface area contributed by atoms with Crippen LogP contribution in [0.4, 0.5) is 11.4 Å². The van der Waals surface area contributed by atoms with Crippen molar-refractivity contribution in [1.82, 2.24) is 14.8 Å². The summed E-state index contributed by atoms with van der Waals surface area (Å²) in [6, 6.07) is 5.32. The molecule has 0 saturated heterocycles. The number of hydrogen-bond donors (Lipinski definition) is 2. The molecule has 0 amide bonds. The molecule has 5 nitrogen and oxygen atoms in total. The molecule has 1 aromatic carbocycles. The molecule has 84 valence electrons. The Hall–Kier alpha value is -1.75. The molecule has 0 fully saturated rings. The summed E-state index contributed by atoms with van der Waals surface area (Å²) in [5.41, 5.74) is 7.24. The Kier molecular flexibility index (Phi) is 2.96. The Morgan fingerprint density at radius 1 is 1.50 bits per heavy atom. The predicted molar refractivity (Wildman–Crippen MR) is 64.2 cm³/mol. The van der Waals surface area contributed by atoms with Gasteiger partial charge in [0, 0.05) is 12.1 Å². The maximum absolute atomic E-state index is 5.80. The number of rotatable bonds is 3. The first-order chi connectivity index (χ1) is 7.65. The molecule has 16 heavy (non-hydrogen) atoms. The van der Waals surface area contributed by atoms with Crippen molar-refractivity contribution < 1.29 is 0 Å². The molecule has 2 aromatic rings. The van der Waals surface area contributed by atoms with E-state index in [1.807, 2.05) is 13.1 Å². The van der Waals surface area contributed by atoms with E-state index < -0.39 is 0 Å². The van der Waals surface area contributed by atoms with E-state index in [0.717, 1.165) is 11.5 Å². The zero-order valence-electron chi connectivity index (χ0n) is 8.81. The van der Waals surface area contributed by atoms with Crippen molar-refractivity contribution in [2.24, 2.45) is 7.05 Å². The number of aryl methyl sites for hydroxylation is 1. The van der Waals surface area contributed by atoms with Crippen molar-refractivity contribution in [2.75, 3.05) is 11.1 Å². The summed E-state index contributed by atoms with van der Waals surface area (Å²) in [4.78, 5) is 4.10. The average Bonchev–Trinajstić information content (AvgIpc) is 2.63. The molecule has 1 aromatic heterocycles. The zero-order chi connectivity index (χ0) is 11.5. The van der Waals surface area contributed by atoms with E-state index in [9.17, 15) is 0 Å². The molecular formula is C10H12ClN5. The molecule has 0 bridgehead atoms. The van der Waals surface area contributed by atoms with Crippen molar-refractivity contribution in [1.29, 1.82) is 0 Å². The fraction of sp³-hybridized carbons (Fsp3) is 0.200. The minimum atomic E-state index is 0.534. The molecule has 0 aliphatic carbocycles. The summed E-state index contributed by atoms with van der Waals surface area (Å²) in [5, 5.41) is 7.92. The molecule has 0 atom stereocenters. The number of nitrogens with zero attached hydrogens (tertiary/aromatic N) is 3. The Bertz CT molecular complexity index is 494. The first-order valence-corrected chi connectivity index (χ1v) is 5.16. The number of nitrogen functional groups attached to an aromatic ring is 1. The van der Waals surface area contributed by atoms with Gasteiger partial charge in [-0.25, -0.2) is 4.98 Å². The van der Waals surface area contributed by atoms with E-state index in [4.69, 9.17) is 17.3 Å². The Labute approximate surface area is 98.2 Å². The second-order valence-electron chi connectivity index (χ2n) is 3.42. The summed E-state index contributed by atoms with van der Waals surface area (Å²) < 4.78 is 1.65. The number of nitrogens with two attached hydrogens (primary N) is 1. The van der Waals surface area contributed by atoms with Crippen LogP contribution in [0.25, 0.3) is 0 Å². The van der Waals surface area contributed by atoms with Gasteiger partial charge in [-0.15, -0.1) is 0 Å². The highest BCUT2D eigenvalue weighted by molar-refractivity contribution is 6.31. The normalized spacial score (nSPS) is 10.4. The van der Waals surface area contributed by atoms with E-state index >= 15 is 0 Å². The lowest BCUT2D eigenvalue weighted by atomic mass is 10.2. The average molecular weight is 238 g/mol. The van der Waals surface area contributed by atoms with Gasteiger partial charge in [0.25, 0.3) is 0 Å². The van der Waals surface area contributed by atoms with Crippen LogP contribution in [0.3, 0.4) is 0 Å². The molecule has 6 heteroatoms. The van der Waals surface area contributed by atoms with Gasteiger partial charge >= 0.3 is 0 Å². The second kappa shape index (κ2) is 4.40. The number of anilines is 2. The lowest BCUT2D eigenvalue weighted by molar-refractivity contribution is 0.747. The fourth-order valence-corrected chi connectivity index (χ4v) is 1.51. The van der Waals surface area contributed by atoms with Gasteiger partial charge in [0.15, 0.2) is 5.82 Å². The molecule has 0 radical (unpaired) electrons. The SMILES string of the molecule is Cn1cnc(CNc2ccc(Cl)cc2N)n1. The number of hydrogen-bond acceptors (Lipinski definition) is 4. The van der Waals surface area contributed by atoms with E-state index in [1.54, 1.807) is 23.1 Å². The van der Waals surface area contributed by atoms with Crippen LogP contribution in [0.15, 0.2) is 24.5 Å². The Morgan fingerprint density at radius 3 is 2.94 bits per heavy atom. The van der Waals surface area contributed by atoms with Crippen LogP contribution in [0.5, 0.6) is 0 Å². The fourth-order valence-electron chi connectivity index (χ4n) is 1.33. The highest BCUT2D eigenvalue weighted by atomic mass is 35.5. The van der Waals surface area contributed by atoms with Gasteiger partial charge in [0.05, 0.1) is 17.9 Å². The zero-order valence-corrected chi connectivity index (χ0v) is 9.57. The topological polar surface area (TPSA) is 68.8 Å². The standard InChI is InChI=1S/C10H12ClN5/c1-16-6-14-10(15-16)5-13-9-3-2-7(11)4-8(9)12/h2-4,6,13H,5,12H2,1H3. The highest BCUT2D eigenvalue weighted by Crippen LogP contribution is 2.22. The summed E-state index contributed by atoms with van der Waals surface area (Å²) in [5.74, 6) is 0.719. The van der Waals surface area contributed by atoms with Crippen molar-refractivity contribution in [3.05, 3.63) is 35.4 Å². The monoisotopic (exact) mass is 237 g/mol. The summed E-state index contributed by atoms with van der Waals surface area (Å²) >= 11 is 5.80. The number of aromatic nitrogens is 3. The van der Waals surface area contributed by atoms with Gasteiger partial charge in [0.2, 0.25) is 0 Å². The largest absolute Gasteiger partial charge is 0.397 e. The Balaban J connectivity index is 2.04. The third-order valence-electron chi connectivity index (χ3n) is 2.10. The van der Waals surface area contributed by atoms with Gasteiger partial charge in [-0.05, 0) is 18.2 Å². The molecular weight excluding hydrogens is 226 g/mol. The van der Waals surface area contributed by atoms with Gasteiger partial charge < -0.3 is 11.1 Å². The van der Waals surface area contributed by atoms with Crippen LogP contribution in [-0.4, -0.2) is 14.8 Å². The van der Waals surface area contributed by atoms with Crippen molar-refractivity contribution >= 4 is 23.0 Å². The molecule has 0 aliphatic rings. The van der Waals surface area contributed by atoms with Crippen molar-refractivity contribution in [3.8, 4) is 0 Å². The van der Waals surface area contributed by atoms with Gasteiger partial charge in [-0.2, -0.15) is 5.10 Å². The number of halogens is 1. The van der Waals surface area contributed by atoms with Crippen LogP contribution in [0.2, 0.25) is 5.02 Å². The molecule has 0 aliphatic heterocycles. The van der Waals surface area contributed by atoms with Crippen LogP contribution >= 0.6 is 11.6 Å². The van der Waals surface area contributed by atoms with E-state index in [2.05, 4.69) is 15.4 Å². The minimum Gasteiger partial charge on any atom is -0.397 e. The second-order valence-corrected chi connectivity index (χ2v) is 3.86. The summed E-state index contributed by atoms with van der Waals surface area (Å²) in [7, 11) is 1.83. The maximum atomic E-state index is 5.80. The first kappa shape index (κ1) is 10.8. The van der Waals surface area contributed by atoms with Crippen molar-refractivity contribution in [2.45, 2.75) is 6.54 Å². The first-order valence-electron chi connectivity index (χ1n) is 4.78. The lowest BCUT2D eigenvalue weighted by Gasteiger charge is -2.07. The molecule has 0 unspecified atom stereocenters. The van der Waals surface area contributed by atoms with E-state index in [1.165, 1.54) is 0 Å². The molecule has 0 saturated carbocycles.